The Morgan fingerprint density at radius 3 is 2.23 bits per heavy atom. The Kier molecular flexibility index (Phi) is 3.60. The molecule has 0 bridgehead atoms. The molecule has 1 heterocycles. The molecule has 5 atom stereocenters. The van der Waals surface area contributed by atoms with Gasteiger partial charge in [0.2, 0.25) is 0 Å². The fourth-order valence-electron chi connectivity index (χ4n) is 1.26. The second-order valence-corrected chi connectivity index (χ2v) is 2.93. The van der Waals surface area contributed by atoms with Gasteiger partial charge in [-0.25, -0.2) is 0 Å². The summed E-state index contributed by atoms with van der Waals surface area (Å²) in [5, 5.41) is 36.6. The maximum Gasteiger partial charge on any atom is 0.186 e. The molecule has 0 aromatic rings. The molecule has 13 heavy (non-hydrogen) atoms. The summed E-state index contributed by atoms with van der Waals surface area (Å²) in [6, 6.07) is 0. The van der Waals surface area contributed by atoms with E-state index in [9.17, 15) is 15.3 Å². The van der Waals surface area contributed by atoms with Crippen molar-refractivity contribution in [3.05, 3.63) is 0 Å². The van der Waals surface area contributed by atoms with E-state index in [2.05, 4.69) is 0 Å². The molecule has 0 aliphatic carbocycles. The second-order valence-electron chi connectivity index (χ2n) is 2.93. The van der Waals surface area contributed by atoms with Gasteiger partial charge < -0.3 is 29.9 Å². The van der Waals surface area contributed by atoms with E-state index in [0.29, 0.717) is 0 Å². The normalized spacial score (nSPS) is 46.4. The number of methoxy groups -OCH3 is 1. The molecular weight excluding hydrogens is 180 g/mol. The van der Waals surface area contributed by atoms with Crippen molar-refractivity contribution >= 4 is 0 Å². The molecule has 1 saturated heterocycles. The smallest absolute Gasteiger partial charge is 0.186 e. The topological polar surface area (TPSA) is 99.4 Å². The number of ether oxygens (including phenoxy) is 2. The molecule has 4 N–H and O–H groups in total. The summed E-state index contributed by atoms with van der Waals surface area (Å²) in [5.74, 6) is 0. The Balaban J connectivity index is 2.66. The van der Waals surface area contributed by atoms with E-state index in [1.807, 2.05) is 0 Å². The summed E-state index contributed by atoms with van der Waals surface area (Å²) < 4.78 is 9.65. The third-order valence-corrected chi connectivity index (χ3v) is 2.08. The number of hydrogen-bond donors (Lipinski definition) is 4. The molecule has 0 aromatic carbocycles. The monoisotopic (exact) mass is 194 g/mol. The second kappa shape index (κ2) is 4.32. The van der Waals surface area contributed by atoms with Crippen molar-refractivity contribution in [3.8, 4) is 0 Å². The molecule has 1 aliphatic rings. The summed E-state index contributed by atoms with van der Waals surface area (Å²) in [4.78, 5) is 0. The molecule has 1 rings (SSSR count). The number of aliphatic hydroxyl groups excluding tert-OH is 4. The van der Waals surface area contributed by atoms with Crippen LogP contribution in [-0.2, 0) is 9.47 Å². The zero-order valence-electron chi connectivity index (χ0n) is 7.20. The maximum atomic E-state index is 9.28. The van der Waals surface area contributed by atoms with Crippen molar-refractivity contribution in [1.29, 1.82) is 0 Å². The van der Waals surface area contributed by atoms with Crippen LogP contribution in [0.1, 0.15) is 0 Å². The highest BCUT2D eigenvalue weighted by Crippen LogP contribution is 2.20. The van der Waals surface area contributed by atoms with Crippen LogP contribution in [0, 0.1) is 0 Å². The maximum absolute atomic E-state index is 9.28. The highest BCUT2D eigenvalue weighted by Gasteiger charge is 2.43. The molecule has 0 radical (unpaired) electrons. The minimum Gasteiger partial charge on any atom is -0.394 e. The predicted molar refractivity (Wildman–Crippen MR) is 40.8 cm³/mol. The average molecular weight is 194 g/mol. The molecule has 78 valence electrons. The Morgan fingerprint density at radius 2 is 1.77 bits per heavy atom. The summed E-state index contributed by atoms with van der Waals surface area (Å²) >= 11 is 0. The Hall–Kier alpha value is -0.240. The lowest BCUT2D eigenvalue weighted by atomic mass is 9.99. The molecule has 0 aromatic heterocycles. The molecule has 1 aliphatic heterocycles. The molecule has 0 amide bonds. The van der Waals surface area contributed by atoms with Crippen LogP contribution in [0.3, 0.4) is 0 Å². The summed E-state index contributed by atoms with van der Waals surface area (Å²) in [6.45, 7) is -0.440. The highest BCUT2D eigenvalue weighted by atomic mass is 16.7. The van der Waals surface area contributed by atoms with Crippen molar-refractivity contribution in [3.63, 3.8) is 0 Å². The average Bonchev–Trinajstić information content (AvgIpc) is 2.15. The zero-order chi connectivity index (χ0) is 10.0. The van der Waals surface area contributed by atoms with Gasteiger partial charge in [0.25, 0.3) is 0 Å². The van der Waals surface area contributed by atoms with E-state index in [0.717, 1.165) is 0 Å². The van der Waals surface area contributed by atoms with Crippen molar-refractivity contribution in [2.75, 3.05) is 13.7 Å². The molecule has 0 saturated carbocycles. The van der Waals surface area contributed by atoms with Crippen molar-refractivity contribution in [2.45, 2.75) is 30.7 Å². The van der Waals surface area contributed by atoms with Gasteiger partial charge in [-0.3, -0.25) is 0 Å². The first kappa shape index (κ1) is 10.8. The van der Waals surface area contributed by atoms with Gasteiger partial charge >= 0.3 is 0 Å². The SMILES string of the molecule is CO[C@H]1OC(CO)C(O)C(O)C1O. The molecule has 0 spiro atoms. The first-order valence-electron chi connectivity index (χ1n) is 3.95. The van der Waals surface area contributed by atoms with E-state index < -0.39 is 37.3 Å². The minimum atomic E-state index is -1.36. The third-order valence-electron chi connectivity index (χ3n) is 2.08. The first-order chi connectivity index (χ1) is 6.11. The van der Waals surface area contributed by atoms with Crippen LogP contribution >= 0.6 is 0 Å². The summed E-state index contributed by atoms with van der Waals surface area (Å²) in [7, 11) is 1.30. The van der Waals surface area contributed by atoms with Gasteiger partial charge in [-0.1, -0.05) is 0 Å². The quantitative estimate of drug-likeness (QED) is 0.386. The lowest BCUT2D eigenvalue weighted by molar-refractivity contribution is -0.294. The van der Waals surface area contributed by atoms with Crippen molar-refractivity contribution in [2.24, 2.45) is 0 Å². The van der Waals surface area contributed by atoms with E-state index in [1.165, 1.54) is 7.11 Å². The van der Waals surface area contributed by atoms with Crippen molar-refractivity contribution in [1.82, 2.24) is 0 Å². The van der Waals surface area contributed by atoms with Gasteiger partial charge in [-0.05, 0) is 0 Å². The third kappa shape index (κ3) is 1.98. The zero-order valence-corrected chi connectivity index (χ0v) is 7.20. The largest absolute Gasteiger partial charge is 0.394 e. The standard InChI is InChI=1S/C7H14O6/c1-12-7-6(11)5(10)4(9)3(2-8)13-7/h3-11H,2H2,1H3/t3?,4?,5?,6?,7-/m0/s1. The van der Waals surface area contributed by atoms with Crippen LogP contribution in [0.2, 0.25) is 0 Å². The number of aliphatic hydroxyl groups is 4. The van der Waals surface area contributed by atoms with Crippen LogP contribution in [-0.4, -0.2) is 64.8 Å². The number of hydrogen-bond acceptors (Lipinski definition) is 6. The van der Waals surface area contributed by atoms with Crippen LogP contribution in [0.5, 0.6) is 0 Å². The van der Waals surface area contributed by atoms with Gasteiger partial charge in [0, 0.05) is 7.11 Å². The molecular formula is C7H14O6. The molecule has 4 unspecified atom stereocenters. The van der Waals surface area contributed by atoms with Crippen LogP contribution in [0.25, 0.3) is 0 Å². The Labute approximate surface area is 75.3 Å². The van der Waals surface area contributed by atoms with Crippen LogP contribution in [0.15, 0.2) is 0 Å². The van der Waals surface area contributed by atoms with E-state index >= 15 is 0 Å². The number of rotatable bonds is 2. The van der Waals surface area contributed by atoms with E-state index in [4.69, 9.17) is 14.6 Å². The van der Waals surface area contributed by atoms with Gasteiger partial charge in [0.15, 0.2) is 6.29 Å². The fourth-order valence-corrected chi connectivity index (χ4v) is 1.26. The summed E-state index contributed by atoms with van der Waals surface area (Å²) in [5.41, 5.74) is 0. The van der Waals surface area contributed by atoms with Gasteiger partial charge in [0.1, 0.15) is 24.4 Å². The molecule has 6 heteroatoms. The molecule has 1 fully saturated rings. The lowest BCUT2D eigenvalue weighted by Crippen LogP contribution is -2.58. The van der Waals surface area contributed by atoms with Gasteiger partial charge in [0.05, 0.1) is 6.61 Å². The van der Waals surface area contributed by atoms with Gasteiger partial charge in [-0.2, -0.15) is 0 Å². The first-order valence-corrected chi connectivity index (χ1v) is 3.95. The van der Waals surface area contributed by atoms with Crippen LogP contribution < -0.4 is 0 Å². The lowest BCUT2D eigenvalue weighted by Gasteiger charge is -2.38. The summed E-state index contributed by atoms with van der Waals surface area (Å²) in [6.07, 6.45) is -5.91. The predicted octanol–water partition coefficient (Wildman–Crippen LogP) is -2.57. The van der Waals surface area contributed by atoms with Gasteiger partial charge in [-0.15, -0.1) is 0 Å². The van der Waals surface area contributed by atoms with E-state index in [-0.39, 0.29) is 0 Å². The van der Waals surface area contributed by atoms with Crippen molar-refractivity contribution < 1.29 is 29.9 Å². The Bertz CT molecular complexity index is 143. The fraction of sp³-hybridized carbons (Fsp3) is 1.00. The molecule has 6 nitrogen and oxygen atoms in total. The van der Waals surface area contributed by atoms with E-state index in [1.54, 1.807) is 0 Å². The highest BCUT2D eigenvalue weighted by molar-refractivity contribution is 4.88. The Morgan fingerprint density at radius 1 is 1.15 bits per heavy atom. The minimum absolute atomic E-state index is 0.440. The van der Waals surface area contributed by atoms with Crippen LogP contribution in [0.4, 0.5) is 0 Å².